The van der Waals surface area contributed by atoms with Crippen molar-refractivity contribution in [1.82, 2.24) is 0 Å². The minimum Gasteiger partial charge on any atom is -0.400 e. The van der Waals surface area contributed by atoms with E-state index in [0.29, 0.717) is 0 Å². The molecule has 102 valence electrons. The molecule has 3 rings (SSSR count). The molecule has 0 atom stereocenters. The standard InChI is InChI=1S/C17H15N.CH4O/c1-13-9-11-15(12-10-13)18-17-8-4-6-14-5-2-3-7-16(14)17;1-2/h2-12,18H,1H3;2H,1H3. The fourth-order valence-electron chi connectivity index (χ4n) is 2.13. The predicted molar refractivity (Wildman–Crippen MR) is 86.6 cm³/mol. The van der Waals surface area contributed by atoms with E-state index in [9.17, 15) is 0 Å². The van der Waals surface area contributed by atoms with Gasteiger partial charge in [-0.1, -0.05) is 54.1 Å². The first kappa shape index (κ1) is 14.1. The van der Waals surface area contributed by atoms with E-state index in [4.69, 9.17) is 5.11 Å². The van der Waals surface area contributed by atoms with Gasteiger partial charge >= 0.3 is 0 Å². The van der Waals surface area contributed by atoms with Crippen LogP contribution in [0.2, 0.25) is 0 Å². The van der Waals surface area contributed by atoms with Gasteiger partial charge < -0.3 is 10.4 Å². The van der Waals surface area contributed by atoms with Crippen molar-refractivity contribution in [3.63, 3.8) is 0 Å². The topological polar surface area (TPSA) is 32.3 Å². The van der Waals surface area contributed by atoms with Gasteiger partial charge in [0.1, 0.15) is 0 Å². The van der Waals surface area contributed by atoms with Gasteiger partial charge in [0.05, 0.1) is 0 Å². The third kappa shape index (κ3) is 3.16. The van der Waals surface area contributed by atoms with E-state index in [1.54, 1.807) is 0 Å². The van der Waals surface area contributed by atoms with E-state index in [0.717, 1.165) is 18.5 Å². The largest absolute Gasteiger partial charge is 0.400 e. The first-order valence-electron chi connectivity index (χ1n) is 6.59. The fourth-order valence-corrected chi connectivity index (χ4v) is 2.13. The molecule has 0 saturated carbocycles. The molecule has 0 unspecified atom stereocenters. The molecule has 0 amide bonds. The second-order valence-electron chi connectivity index (χ2n) is 4.52. The van der Waals surface area contributed by atoms with Crippen LogP contribution in [0.15, 0.2) is 66.7 Å². The Morgan fingerprint density at radius 3 is 2.15 bits per heavy atom. The van der Waals surface area contributed by atoms with E-state index in [1.165, 1.54) is 16.3 Å². The highest BCUT2D eigenvalue weighted by Crippen LogP contribution is 2.26. The van der Waals surface area contributed by atoms with Crippen LogP contribution in [0.3, 0.4) is 0 Å². The van der Waals surface area contributed by atoms with Crippen molar-refractivity contribution in [3.05, 3.63) is 72.3 Å². The summed E-state index contributed by atoms with van der Waals surface area (Å²) in [5.74, 6) is 0. The van der Waals surface area contributed by atoms with Gasteiger partial charge in [-0.2, -0.15) is 0 Å². The quantitative estimate of drug-likeness (QED) is 0.715. The Balaban J connectivity index is 0.000000704. The minimum atomic E-state index is 1.00. The van der Waals surface area contributed by atoms with Gasteiger partial charge in [-0.3, -0.25) is 0 Å². The summed E-state index contributed by atoms with van der Waals surface area (Å²) in [6.45, 7) is 2.10. The van der Waals surface area contributed by atoms with Crippen LogP contribution in [-0.4, -0.2) is 12.2 Å². The number of nitrogens with one attached hydrogen (secondary N) is 1. The molecule has 2 nitrogen and oxygen atoms in total. The SMILES string of the molecule is CO.Cc1ccc(Nc2cccc3ccccc23)cc1. The normalized spacial score (nSPS) is 9.75. The number of rotatable bonds is 2. The number of aliphatic hydroxyl groups excluding tert-OH is 1. The number of aryl methyl sites for hydroxylation is 1. The van der Waals surface area contributed by atoms with Gasteiger partial charge in [-0.15, -0.1) is 0 Å². The average molecular weight is 265 g/mol. The molecule has 0 aliphatic heterocycles. The number of hydrogen-bond acceptors (Lipinski definition) is 2. The molecule has 3 aromatic carbocycles. The molecule has 0 aromatic heterocycles. The molecule has 0 saturated heterocycles. The highest BCUT2D eigenvalue weighted by molar-refractivity contribution is 5.95. The van der Waals surface area contributed by atoms with Gasteiger partial charge in [0.2, 0.25) is 0 Å². The Labute approximate surface area is 119 Å². The summed E-state index contributed by atoms with van der Waals surface area (Å²) in [7, 11) is 1.00. The Morgan fingerprint density at radius 1 is 0.750 bits per heavy atom. The van der Waals surface area contributed by atoms with Crippen LogP contribution in [0.4, 0.5) is 11.4 Å². The molecule has 3 aromatic rings. The molecule has 0 spiro atoms. The lowest BCUT2D eigenvalue weighted by atomic mass is 10.1. The zero-order chi connectivity index (χ0) is 14.4. The third-order valence-electron chi connectivity index (χ3n) is 3.12. The minimum absolute atomic E-state index is 1.00. The molecule has 0 aliphatic rings. The van der Waals surface area contributed by atoms with Crippen molar-refractivity contribution < 1.29 is 5.11 Å². The van der Waals surface area contributed by atoms with Gasteiger partial charge in [0, 0.05) is 23.9 Å². The average Bonchev–Trinajstić information content (AvgIpc) is 2.52. The summed E-state index contributed by atoms with van der Waals surface area (Å²) in [6, 6.07) is 23.2. The molecule has 20 heavy (non-hydrogen) atoms. The molecule has 2 heteroatoms. The molecule has 2 N–H and O–H groups in total. The van der Waals surface area contributed by atoms with Crippen LogP contribution in [-0.2, 0) is 0 Å². The zero-order valence-electron chi connectivity index (χ0n) is 11.8. The van der Waals surface area contributed by atoms with E-state index < -0.39 is 0 Å². The highest BCUT2D eigenvalue weighted by Gasteiger charge is 2.00. The van der Waals surface area contributed by atoms with Crippen molar-refractivity contribution in [2.75, 3.05) is 12.4 Å². The summed E-state index contributed by atoms with van der Waals surface area (Å²) in [5, 5.41) is 13.0. The van der Waals surface area contributed by atoms with Crippen LogP contribution < -0.4 is 5.32 Å². The molecular formula is C18H19NO. The van der Waals surface area contributed by atoms with Crippen molar-refractivity contribution in [2.45, 2.75) is 6.92 Å². The smallest absolute Gasteiger partial charge is 0.0463 e. The van der Waals surface area contributed by atoms with E-state index in [2.05, 4.69) is 79.0 Å². The van der Waals surface area contributed by atoms with Crippen molar-refractivity contribution in [3.8, 4) is 0 Å². The summed E-state index contributed by atoms with van der Waals surface area (Å²) in [4.78, 5) is 0. The Kier molecular flexibility index (Phi) is 4.75. The van der Waals surface area contributed by atoms with Crippen LogP contribution in [0.1, 0.15) is 5.56 Å². The first-order valence-corrected chi connectivity index (χ1v) is 6.59. The van der Waals surface area contributed by atoms with Crippen LogP contribution in [0.5, 0.6) is 0 Å². The number of aliphatic hydroxyl groups is 1. The zero-order valence-corrected chi connectivity index (χ0v) is 11.8. The number of benzene rings is 3. The lowest BCUT2D eigenvalue weighted by Gasteiger charge is -2.10. The first-order chi connectivity index (χ1) is 9.83. The van der Waals surface area contributed by atoms with Gasteiger partial charge in [0.15, 0.2) is 0 Å². The highest BCUT2D eigenvalue weighted by atomic mass is 16.2. The van der Waals surface area contributed by atoms with Gasteiger partial charge in [-0.05, 0) is 30.5 Å². The maximum Gasteiger partial charge on any atom is 0.0463 e. The third-order valence-corrected chi connectivity index (χ3v) is 3.12. The van der Waals surface area contributed by atoms with Crippen molar-refractivity contribution in [1.29, 1.82) is 0 Å². The number of hydrogen-bond donors (Lipinski definition) is 2. The number of anilines is 2. The van der Waals surface area contributed by atoms with Crippen LogP contribution in [0.25, 0.3) is 10.8 Å². The number of fused-ring (bicyclic) bond motifs is 1. The molecule has 0 aliphatic carbocycles. The molecule has 0 heterocycles. The van der Waals surface area contributed by atoms with Crippen molar-refractivity contribution >= 4 is 22.1 Å². The Bertz CT molecular complexity index is 669. The maximum absolute atomic E-state index is 7.00. The Hall–Kier alpha value is -2.32. The molecule has 0 fully saturated rings. The molecule has 0 radical (unpaired) electrons. The molecular weight excluding hydrogens is 246 g/mol. The summed E-state index contributed by atoms with van der Waals surface area (Å²) in [6.07, 6.45) is 0. The molecule has 0 bridgehead atoms. The monoisotopic (exact) mass is 265 g/mol. The Morgan fingerprint density at radius 2 is 1.40 bits per heavy atom. The lowest BCUT2D eigenvalue weighted by Crippen LogP contribution is -1.91. The fraction of sp³-hybridized carbons (Fsp3) is 0.111. The van der Waals surface area contributed by atoms with E-state index in [-0.39, 0.29) is 0 Å². The van der Waals surface area contributed by atoms with Crippen LogP contribution >= 0.6 is 0 Å². The predicted octanol–water partition coefficient (Wildman–Crippen LogP) is 4.50. The van der Waals surface area contributed by atoms with Gasteiger partial charge in [-0.25, -0.2) is 0 Å². The second-order valence-corrected chi connectivity index (χ2v) is 4.52. The summed E-state index contributed by atoms with van der Waals surface area (Å²) < 4.78 is 0. The maximum atomic E-state index is 7.00. The van der Waals surface area contributed by atoms with E-state index in [1.807, 2.05) is 0 Å². The van der Waals surface area contributed by atoms with Crippen molar-refractivity contribution in [2.24, 2.45) is 0 Å². The van der Waals surface area contributed by atoms with E-state index >= 15 is 0 Å². The summed E-state index contributed by atoms with van der Waals surface area (Å²) in [5.41, 5.74) is 3.55. The van der Waals surface area contributed by atoms with Crippen LogP contribution in [0, 0.1) is 6.92 Å². The summed E-state index contributed by atoms with van der Waals surface area (Å²) >= 11 is 0. The second kappa shape index (κ2) is 6.73. The lowest BCUT2D eigenvalue weighted by molar-refractivity contribution is 0.399. The van der Waals surface area contributed by atoms with Gasteiger partial charge in [0.25, 0.3) is 0 Å².